The summed E-state index contributed by atoms with van der Waals surface area (Å²) in [4.78, 5) is 21.1. The van der Waals surface area contributed by atoms with Gasteiger partial charge in [-0.05, 0) is 44.0 Å². The van der Waals surface area contributed by atoms with Gasteiger partial charge in [-0.2, -0.15) is 4.98 Å². The zero-order valence-electron chi connectivity index (χ0n) is 17.1. The predicted octanol–water partition coefficient (Wildman–Crippen LogP) is 5.00. The van der Waals surface area contributed by atoms with E-state index in [2.05, 4.69) is 32.6 Å². The van der Waals surface area contributed by atoms with E-state index >= 15 is 0 Å². The van der Waals surface area contributed by atoms with Gasteiger partial charge in [-0.15, -0.1) is 0 Å². The van der Waals surface area contributed by atoms with Gasteiger partial charge in [0.15, 0.2) is 11.4 Å². The SMILES string of the molecule is Cc1cc(C)c(NC(=O)CCc2nc(CSc3nc4ccccc4o3)no2)c(C)c1. The van der Waals surface area contributed by atoms with Gasteiger partial charge >= 0.3 is 0 Å². The number of hydrogen-bond acceptors (Lipinski definition) is 7. The molecule has 154 valence electrons. The summed E-state index contributed by atoms with van der Waals surface area (Å²) in [6, 6.07) is 11.7. The maximum Gasteiger partial charge on any atom is 0.257 e. The van der Waals surface area contributed by atoms with Crippen LogP contribution in [0.4, 0.5) is 5.69 Å². The third kappa shape index (κ3) is 4.71. The van der Waals surface area contributed by atoms with Crippen molar-refractivity contribution in [2.24, 2.45) is 0 Å². The molecule has 0 atom stereocenters. The summed E-state index contributed by atoms with van der Waals surface area (Å²) in [5, 5.41) is 7.53. The van der Waals surface area contributed by atoms with E-state index in [1.807, 2.05) is 45.0 Å². The van der Waals surface area contributed by atoms with Crippen LogP contribution in [0.15, 0.2) is 50.6 Å². The number of fused-ring (bicyclic) bond motifs is 1. The van der Waals surface area contributed by atoms with E-state index in [-0.39, 0.29) is 12.3 Å². The highest BCUT2D eigenvalue weighted by molar-refractivity contribution is 7.98. The van der Waals surface area contributed by atoms with Crippen LogP contribution in [0.3, 0.4) is 0 Å². The normalized spacial score (nSPS) is 11.2. The number of thioether (sulfide) groups is 1. The van der Waals surface area contributed by atoms with Crippen LogP contribution in [0.5, 0.6) is 0 Å². The maximum atomic E-state index is 12.4. The number of aromatic nitrogens is 3. The number of benzene rings is 2. The van der Waals surface area contributed by atoms with Gasteiger partial charge < -0.3 is 14.3 Å². The smallest absolute Gasteiger partial charge is 0.257 e. The van der Waals surface area contributed by atoms with Crippen molar-refractivity contribution >= 4 is 34.5 Å². The molecule has 0 saturated carbocycles. The van der Waals surface area contributed by atoms with Crippen molar-refractivity contribution in [1.82, 2.24) is 15.1 Å². The molecule has 7 nitrogen and oxygen atoms in total. The zero-order valence-corrected chi connectivity index (χ0v) is 17.9. The summed E-state index contributed by atoms with van der Waals surface area (Å²) in [6.45, 7) is 6.03. The van der Waals surface area contributed by atoms with E-state index in [4.69, 9.17) is 8.94 Å². The van der Waals surface area contributed by atoms with Crippen LogP contribution in [0.2, 0.25) is 0 Å². The lowest BCUT2D eigenvalue weighted by molar-refractivity contribution is -0.116. The Morgan fingerprint density at radius 3 is 2.63 bits per heavy atom. The maximum absolute atomic E-state index is 12.4. The number of rotatable bonds is 7. The zero-order chi connectivity index (χ0) is 21.1. The third-order valence-electron chi connectivity index (χ3n) is 4.62. The van der Waals surface area contributed by atoms with Crippen molar-refractivity contribution in [3.05, 3.63) is 64.8 Å². The number of hydrogen-bond donors (Lipinski definition) is 1. The number of aryl methyl sites for hydroxylation is 4. The number of carbonyl (C=O) groups excluding carboxylic acids is 1. The summed E-state index contributed by atoms with van der Waals surface area (Å²) in [5.74, 6) is 1.38. The molecular formula is C22H22N4O3S. The van der Waals surface area contributed by atoms with Gasteiger partial charge in [0.25, 0.3) is 5.22 Å². The quantitative estimate of drug-likeness (QED) is 0.419. The Bertz CT molecular complexity index is 1140. The Labute approximate surface area is 178 Å². The van der Waals surface area contributed by atoms with Crippen LogP contribution in [0.25, 0.3) is 11.1 Å². The molecule has 0 radical (unpaired) electrons. The molecule has 0 fully saturated rings. The minimum absolute atomic E-state index is 0.0781. The van der Waals surface area contributed by atoms with Gasteiger partial charge in [-0.3, -0.25) is 4.79 Å². The summed E-state index contributed by atoms with van der Waals surface area (Å²) in [6.07, 6.45) is 0.656. The third-order valence-corrected chi connectivity index (χ3v) is 5.44. The summed E-state index contributed by atoms with van der Waals surface area (Å²) in [7, 11) is 0. The second-order valence-corrected chi connectivity index (χ2v) is 8.09. The average Bonchev–Trinajstić information content (AvgIpc) is 3.33. The van der Waals surface area contributed by atoms with E-state index < -0.39 is 0 Å². The number of carbonyl (C=O) groups is 1. The Hall–Kier alpha value is -3.13. The second-order valence-electron chi connectivity index (χ2n) is 7.16. The molecule has 0 bridgehead atoms. The van der Waals surface area contributed by atoms with Gasteiger partial charge in [0.05, 0.1) is 5.75 Å². The first-order chi connectivity index (χ1) is 14.5. The van der Waals surface area contributed by atoms with Gasteiger partial charge in [0.2, 0.25) is 11.8 Å². The molecule has 2 aromatic heterocycles. The minimum atomic E-state index is -0.0781. The molecule has 0 spiro atoms. The predicted molar refractivity (Wildman–Crippen MR) is 115 cm³/mol. The molecule has 30 heavy (non-hydrogen) atoms. The Balaban J connectivity index is 1.29. The largest absolute Gasteiger partial charge is 0.431 e. The van der Waals surface area contributed by atoms with Crippen LogP contribution in [-0.2, 0) is 17.0 Å². The minimum Gasteiger partial charge on any atom is -0.431 e. The molecule has 0 saturated heterocycles. The van der Waals surface area contributed by atoms with Crippen molar-refractivity contribution in [2.75, 3.05) is 5.32 Å². The lowest BCUT2D eigenvalue weighted by Crippen LogP contribution is -2.14. The fourth-order valence-electron chi connectivity index (χ4n) is 3.29. The Kier molecular flexibility index (Phi) is 5.85. The Morgan fingerprint density at radius 2 is 1.87 bits per heavy atom. The second kappa shape index (κ2) is 8.71. The highest BCUT2D eigenvalue weighted by Crippen LogP contribution is 2.25. The van der Waals surface area contributed by atoms with Crippen molar-refractivity contribution in [3.8, 4) is 0 Å². The van der Waals surface area contributed by atoms with E-state index in [0.717, 1.165) is 27.9 Å². The van der Waals surface area contributed by atoms with Crippen LogP contribution >= 0.6 is 11.8 Å². The highest BCUT2D eigenvalue weighted by Gasteiger charge is 2.13. The number of nitrogens with one attached hydrogen (secondary N) is 1. The van der Waals surface area contributed by atoms with E-state index in [9.17, 15) is 4.79 Å². The van der Waals surface area contributed by atoms with Crippen LogP contribution in [0, 0.1) is 20.8 Å². The first-order valence-corrected chi connectivity index (χ1v) is 10.6. The molecule has 0 unspecified atom stereocenters. The number of para-hydroxylation sites is 2. The highest BCUT2D eigenvalue weighted by atomic mass is 32.2. The molecule has 1 N–H and O–H groups in total. The standard InChI is InChI=1S/C22H22N4O3S/c1-13-10-14(2)21(15(3)11-13)25-19(27)8-9-20-24-18(26-29-20)12-30-22-23-16-6-4-5-7-17(16)28-22/h4-7,10-11H,8-9,12H2,1-3H3,(H,25,27). The lowest BCUT2D eigenvalue weighted by Gasteiger charge is -2.12. The summed E-state index contributed by atoms with van der Waals surface area (Å²) >= 11 is 1.40. The Morgan fingerprint density at radius 1 is 1.10 bits per heavy atom. The molecule has 1 amide bonds. The molecule has 0 aliphatic rings. The van der Waals surface area contributed by atoms with Crippen molar-refractivity contribution in [1.29, 1.82) is 0 Å². The average molecular weight is 423 g/mol. The fraction of sp³-hybridized carbons (Fsp3) is 0.273. The molecule has 4 rings (SSSR count). The molecule has 0 aliphatic carbocycles. The number of amides is 1. The van der Waals surface area contributed by atoms with Gasteiger partial charge in [0, 0.05) is 18.5 Å². The van der Waals surface area contributed by atoms with Gasteiger partial charge in [-0.1, -0.05) is 46.7 Å². The van der Waals surface area contributed by atoms with Crippen LogP contribution < -0.4 is 5.32 Å². The first-order valence-electron chi connectivity index (χ1n) is 9.65. The molecular weight excluding hydrogens is 400 g/mol. The molecule has 0 aliphatic heterocycles. The van der Waals surface area contributed by atoms with Gasteiger partial charge in [-0.25, -0.2) is 4.98 Å². The molecule has 4 aromatic rings. The van der Waals surface area contributed by atoms with Crippen molar-refractivity contribution < 1.29 is 13.7 Å². The number of oxazole rings is 1. The monoisotopic (exact) mass is 422 g/mol. The van der Waals surface area contributed by atoms with E-state index in [0.29, 0.717) is 29.1 Å². The summed E-state index contributed by atoms with van der Waals surface area (Å²) in [5.41, 5.74) is 5.72. The molecule has 2 aromatic carbocycles. The van der Waals surface area contributed by atoms with Crippen molar-refractivity contribution in [3.63, 3.8) is 0 Å². The van der Waals surface area contributed by atoms with Gasteiger partial charge in [0.1, 0.15) is 5.52 Å². The lowest BCUT2D eigenvalue weighted by atomic mass is 10.0. The van der Waals surface area contributed by atoms with E-state index in [1.54, 1.807) is 0 Å². The van der Waals surface area contributed by atoms with Crippen LogP contribution in [-0.4, -0.2) is 21.0 Å². The van der Waals surface area contributed by atoms with Crippen molar-refractivity contribution in [2.45, 2.75) is 44.6 Å². The topological polar surface area (TPSA) is 94.1 Å². The molecule has 8 heteroatoms. The molecule has 2 heterocycles. The summed E-state index contributed by atoms with van der Waals surface area (Å²) < 4.78 is 10.9. The van der Waals surface area contributed by atoms with E-state index in [1.165, 1.54) is 17.3 Å². The van der Waals surface area contributed by atoms with Crippen LogP contribution in [0.1, 0.15) is 34.8 Å². The first kappa shape index (κ1) is 20.2. The number of anilines is 1. The fourth-order valence-corrected chi connectivity index (χ4v) is 3.97. The number of nitrogens with zero attached hydrogens (tertiary/aromatic N) is 3.